The molecule has 0 aliphatic carbocycles. The summed E-state index contributed by atoms with van der Waals surface area (Å²) in [7, 11) is 1.38. The Morgan fingerprint density at radius 3 is 2.55 bits per heavy atom. The summed E-state index contributed by atoms with van der Waals surface area (Å²) in [5, 5.41) is 0. The van der Waals surface area contributed by atoms with Crippen LogP contribution < -0.4 is 5.73 Å². The summed E-state index contributed by atoms with van der Waals surface area (Å²) in [5.41, 5.74) is 7.38. The molecule has 63 valence electrons. The molecule has 0 spiro atoms. The fourth-order valence-corrected chi connectivity index (χ4v) is 1.19. The van der Waals surface area contributed by atoms with Gasteiger partial charge in [0.05, 0.1) is 7.11 Å². The van der Waals surface area contributed by atoms with Crippen LogP contribution in [0, 0.1) is 0 Å². The van der Waals surface area contributed by atoms with Crippen molar-refractivity contribution >= 4 is 6.09 Å². The van der Waals surface area contributed by atoms with Gasteiger partial charge in [-0.15, -0.1) is 0 Å². The third kappa shape index (κ3) is 2.08. The predicted molar refractivity (Wildman–Crippen MR) is 40.1 cm³/mol. The van der Waals surface area contributed by atoms with E-state index in [4.69, 9.17) is 5.73 Å². The highest BCUT2D eigenvalue weighted by Gasteiger charge is 2.20. The van der Waals surface area contributed by atoms with Gasteiger partial charge in [0.25, 0.3) is 0 Å². The molecule has 1 aliphatic rings. The molecular formula is C7H13N2O2. The predicted octanol–water partition coefficient (Wildman–Crippen LogP) is 0.500. The second-order valence-corrected chi connectivity index (χ2v) is 2.73. The zero-order chi connectivity index (χ0) is 8.27. The molecule has 1 rings (SSSR count). The van der Waals surface area contributed by atoms with Crippen LogP contribution in [0.1, 0.15) is 12.8 Å². The molecule has 0 saturated carbocycles. The number of likely N-dealkylation sites (tertiary alicyclic amines) is 1. The van der Waals surface area contributed by atoms with Crippen LogP contribution in [0.25, 0.3) is 0 Å². The van der Waals surface area contributed by atoms with Crippen molar-refractivity contribution < 1.29 is 9.53 Å². The summed E-state index contributed by atoms with van der Waals surface area (Å²) in [4.78, 5) is 12.6. The third-order valence-electron chi connectivity index (χ3n) is 1.93. The van der Waals surface area contributed by atoms with Crippen molar-refractivity contribution in [2.24, 2.45) is 0 Å². The van der Waals surface area contributed by atoms with Gasteiger partial charge in [0.15, 0.2) is 0 Å². The summed E-state index contributed by atoms with van der Waals surface area (Å²) in [5.74, 6) is 0. The summed E-state index contributed by atoms with van der Waals surface area (Å²) in [6.07, 6.45) is 1.28. The first-order valence-corrected chi connectivity index (χ1v) is 3.78. The number of piperidine rings is 1. The topological polar surface area (TPSA) is 53.3 Å². The first-order valence-electron chi connectivity index (χ1n) is 3.78. The number of hydrogen-bond acceptors (Lipinski definition) is 2. The van der Waals surface area contributed by atoms with E-state index in [1.165, 1.54) is 7.11 Å². The maximum atomic E-state index is 10.9. The molecule has 4 heteroatoms. The average molecular weight is 157 g/mol. The van der Waals surface area contributed by atoms with E-state index in [1.54, 1.807) is 4.90 Å². The lowest BCUT2D eigenvalue weighted by Crippen LogP contribution is -2.40. The van der Waals surface area contributed by atoms with E-state index in [0.29, 0.717) is 13.1 Å². The van der Waals surface area contributed by atoms with Gasteiger partial charge in [-0.1, -0.05) is 0 Å². The van der Waals surface area contributed by atoms with Crippen molar-refractivity contribution in [1.82, 2.24) is 10.6 Å². The minimum atomic E-state index is -0.267. The Morgan fingerprint density at radius 2 is 2.09 bits per heavy atom. The van der Waals surface area contributed by atoms with Crippen LogP contribution in [-0.2, 0) is 4.74 Å². The first kappa shape index (κ1) is 8.33. The molecule has 0 bridgehead atoms. The smallest absolute Gasteiger partial charge is 0.409 e. The van der Waals surface area contributed by atoms with Crippen LogP contribution >= 0.6 is 0 Å². The molecule has 1 amide bonds. The van der Waals surface area contributed by atoms with Gasteiger partial charge in [-0.25, -0.2) is 4.79 Å². The summed E-state index contributed by atoms with van der Waals surface area (Å²) in [6, 6.07) is 0.0101. The number of carbonyl (C=O) groups is 1. The quantitative estimate of drug-likeness (QED) is 0.514. The SMILES string of the molecule is COC(=O)N1CCC([NH])CC1. The Morgan fingerprint density at radius 1 is 1.55 bits per heavy atom. The Bertz CT molecular complexity index is 141. The van der Waals surface area contributed by atoms with Gasteiger partial charge < -0.3 is 9.64 Å². The zero-order valence-electron chi connectivity index (χ0n) is 6.67. The van der Waals surface area contributed by atoms with Gasteiger partial charge in [0.1, 0.15) is 0 Å². The van der Waals surface area contributed by atoms with E-state index in [2.05, 4.69) is 4.74 Å². The molecule has 4 nitrogen and oxygen atoms in total. The lowest BCUT2D eigenvalue weighted by Gasteiger charge is -2.28. The van der Waals surface area contributed by atoms with E-state index in [1.807, 2.05) is 0 Å². The molecule has 0 atom stereocenters. The summed E-state index contributed by atoms with van der Waals surface area (Å²) < 4.78 is 4.55. The van der Waals surface area contributed by atoms with Crippen molar-refractivity contribution in [1.29, 1.82) is 0 Å². The van der Waals surface area contributed by atoms with E-state index in [-0.39, 0.29) is 12.1 Å². The van der Waals surface area contributed by atoms with Crippen LogP contribution in [0.3, 0.4) is 0 Å². The van der Waals surface area contributed by atoms with Gasteiger partial charge >= 0.3 is 6.09 Å². The first-order chi connectivity index (χ1) is 5.24. The van der Waals surface area contributed by atoms with Crippen LogP contribution in [0.2, 0.25) is 0 Å². The maximum absolute atomic E-state index is 10.9. The number of amides is 1. The number of methoxy groups -OCH3 is 1. The molecule has 0 aromatic rings. The number of ether oxygens (including phenoxy) is 1. The van der Waals surface area contributed by atoms with Gasteiger partial charge in [0.2, 0.25) is 0 Å². The van der Waals surface area contributed by atoms with Crippen molar-refractivity contribution in [2.45, 2.75) is 18.9 Å². The highest BCUT2D eigenvalue weighted by Crippen LogP contribution is 2.09. The normalized spacial score (nSPS) is 20.0. The van der Waals surface area contributed by atoms with E-state index < -0.39 is 0 Å². The Labute approximate surface area is 66.3 Å². The molecule has 0 unspecified atom stereocenters. The fraction of sp³-hybridized carbons (Fsp3) is 0.857. The number of nitrogens with one attached hydrogen (secondary N) is 1. The molecule has 1 radical (unpaired) electrons. The van der Waals surface area contributed by atoms with E-state index in [0.717, 1.165) is 12.8 Å². The zero-order valence-corrected chi connectivity index (χ0v) is 6.67. The average Bonchev–Trinajstić information content (AvgIpc) is 2.05. The van der Waals surface area contributed by atoms with Gasteiger partial charge in [0, 0.05) is 19.1 Å². The Kier molecular flexibility index (Phi) is 2.70. The Hall–Kier alpha value is -0.770. The molecule has 0 aromatic heterocycles. The summed E-state index contributed by atoms with van der Waals surface area (Å²) in [6.45, 7) is 1.34. The van der Waals surface area contributed by atoms with Crippen molar-refractivity contribution in [3.8, 4) is 0 Å². The summed E-state index contributed by atoms with van der Waals surface area (Å²) >= 11 is 0. The van der Waals surface area contributed by atoms with Crippen LogP contribution in [-0.4, -0.2) is 37.2 Å². The van der Waals surface area contributed by atoms with E-state index in [9.17, 15) is 4.79 Å². The third-order valence-corrected chi connectivity index (χ3v) is 1.93. The molecule has 1 heterocycles. The van der Waals surface area contributed by atoms with Gasteiger partial charge in [-0.2, -0.15) is 0 Å². The molecule has 1 fully saturated rings. The number of nitrogens with zero attached hydrogens (tertiary/aromatic N) is 1. The lowest BCUT2D eigenvalue weighted by molar-refractivity contribution is 0.112. The number of rotatable bonds is 0. The minimum Gasteiger partial charge on any atom is -0.453 e. The van der Waals surface area contributed by atoms with Crippen LogP contribution in [0.4, 0.5) is 4.79 Å². The maximum Gasteiger partial charge on any atom is 0.409 e. The molecule has 0 aromatic carbocycles. The largest absolute Gasteiger partial charge is 0.453 e. The van der Waals surface area contributed by atoms with Crippen LogP contribution in [0.5, 0.6) is 0 Å². The number of hydrogen-bond donors (Lipinski definition) is 0. The van der Waals surface area contributed by atoms with Crippen LogP contribution in [0.15, 0.2) is 0 Å². The highest BCUT2D eigenvalue weighted by molar-refractivity contribution is 5.67. The van der Waals surface area contributed by atoms with Gasteiger partial charge in [-0.05, 0) is 12.8 Å². The monoisotopic (exact) mass is 157 g/mol. The molecule has 1 N–H and O–H groups in total. The Balaban J connectivity index is 2.33. The molecule has 11 heavy (non-hydrogen) atoms. The van der Waals surface area contributed by atoms with Crippen molar-refractivity contribution in [3.63, 3.8) is 0 Å². The fourth-order valence-electron chi connectivity index (χ4n) is 1.19. The molecule has 1 saturated heterocycles. The minimum absolute atomic E-state index is 0.0101. The van der Waals surface area contributed by atoms with Crippen molar-refractivity contribution in [3.05, 3.63) is 0 Å². The standard InChI is InChI=1S/C7H13N2O2/c1-11-7(10)9-4-2-6(8)3-5-9/h6,8H,2-5H2,1H3. The van der Waals surface area contributed by atoms with E-state index >= 15 is 0 Å². The molecule has 1 aliphatic heterocycles. The second kappa shape index (κ2) is 3.57. The number of carbonyl (C=O) groups excluding carboxylic acids is 1. The lowest BCUT2D eigenvalue weighted by atomic mass is 10.1. The van der Waals surface area contributed by atoms with Crippen molar-refractivity contribution in [2.75, 3.05) is 20.2 Å². The molecular weight excluding hydrogens is 144 g/mol. The van der Waals surface area contributed by atoms with Gasteiger partial charge in [-0.3, -0.25) is 5.73 Å². The highest BCUT2D eigenvalue weighted by atomic mass is 16.5. The second-order valence-electron chi connectivity index (χ2n) is 2.73.